The first kappa shape index (κ1) is 11.8. The van der Waals surface area contributed by atoms with E-state index in [1.807, 2.05) is 6.92 Å². The van der Waals surface area contributed by atoms with Gasteiger partial charge in [-0.25, -0.2) is 0 Å². The van der Waals surface area contributed by atoms with Crippen molar-refractivity contribution in [2.24, 2.45) is 5.29 Å². The summed E-state index contributed by atoms with van der Waals surface area (Å²) < 4.78 is 0. The summed E-state index contributed by atoms with van der Waals surface area (Å²) in [4.78, 5) is 20.3. The minimum absolute atomic E-state index is 0.0242. The second-order valence-corrected chi connectivity index (χ2v) is 2.75. The lowest BCUT2D eigenvalue weighted by atomic mass is 10.2. The second-order valence-electron chi connectivity index (χ2n) is 2.75. The molecule has 1 unspecified atom stereocenters. The smallest absolute Gasteiger partial charge is 0.306 e. The van der Waals surface area contributed by atoms with Crippen molar-refractivity contribution in [3.63, 3.8) is 0 Å². The van der Waals surface area contributed by atoms with Crippen molar-refractivity contribution >= 4 is 5.97 Å². The largest absolute Gasteiger partial charge is 0.481 e. The maximum Gasteiger partial charge on any atom is 0.306 e. The van der Waals surface area contributed by atoms with Crippen LogP contribution in [-0.4, -0.2) is 40.4 Å². The Kier molecular flexibility index (Phi) is 5.79. The Balaban J connectivity index is 3.78. The molecule has 0 spiro atoms. The third-order valence-electron chi connectivity index (χ3n) is 1.43. The SMILES string of the molecule is CCCN(CC(O)CC(=O)O)N=O. The Morgan fingerprint density at radius 3 is 2.62 bits per heavy atom. The van der Waals surface area contributed by atoms with Crippen molar-refractivity contribution < 1.29 is 15.0 Å². The minimum Gasteiger partial charge on any atom is -0.481 e. The van der Waals surface area contributed by atoms with Gasteiger partial charge in [0.25, 0.3) is 0 Å². The first-order chi connectivity index (χ1) is 6.10. The highest BCUT2D eigenvalue weighted by atomic mass is 16.4. The van der Waals surface area contributed by atoms with E-state index >= 15 is 0 Å². The molecule has 0 aromatic rings. The van der Waals surface area contributed by atoms with Gasteiger partial charge in [-0.2, -0.15) is 0 Å². The second kappa shape index (κ2) is 6.36. The van der Waals surface area contributed by atoms with Gasteiger partial charge in [-0.1, -0.05) is 6.92 Å². The molecule has 0 radical (unpaired) electrons. The monoisotopic (exact) mass is 190 g/mol. The van der Waals surface area contributed by atoms with Crippen molar-refractivity contribution in [3.8, 4) is 0 Å². The van der Waals surface area contributed by atoms with Crippen molar-refractivity contribution in [3.05, 3.63) is 4.91 Å². The molecule has 6 heteroatoms. The summed E-state index contributed by atoms with van der Waals surface area (Å²) in [5.41, 5.74) is 0. The van der Waals surface area contributed by atoms with Gasteiger partial charge in [-0.3, -0.25) is 9.80 Å². The fraction of sp³-hybridized carbons (Fsp3) is 0.857. The van der Waals surface area contributed by atoms with E-state index in [0.29, 0.717) is 6.54 Å². The molecule has 0 heterocycles. The highest BCUT2D eigenvalue weighted by Crippen LogP contribution is 1.98. The van der Waals surface area contributed by atoms with E-state index in [4.69, 9.17) is 10.2 Å². The first-order valence-corrected chi connectivity index (χ1v) is 4.08. The van der Waals surface area contributed by atoms with Crippen molar-refractivity contribution in [2.45, 2.75) is 25.9 Å². The van der Waals surface area contributed by atoms with Gasteiger partial charge in [-0.05, 0) is 6.42 Å². The molecule has 0 saturated carbocycles. The molecule has 0 aliphatic rings. The van der Waals surface area contributed by atoms with Crippen molar-refractivity contribution in [1.29, 1.82) is 0 Å². The summed E-state index contributed by atoms with van der Waals surface area (Å²) in [5.74, 6) is -1.09. The van der Waals surface area contributed by atoms with Crippen LogP contribution in [0.1, 0.15) is 19.8 Å². The lowest BCUT2D eigenvalue weighted by Crippen LogP contribution is -2.30. The molecule has 0 rings (SSSR count). The van der Waals surface area contributed by atoms with Crippen LogP contribution < -0.4 is 0 Å². The zero-order chi connectivity index (χ0) is 10.3. The van der Waals surface area contributed by atoms with Crippen LogP contribution in [-0.2, 0) is 4.79 Å². The molecule has 0 aromatic heterocycles. The van der Waals surface area contributed by atoms with Crippen LogP contribution in [0.3, 0.4) is 0 Å². The molecule has 0 bridgehead atoms. The number of aliphatic hydroxyl groups is 1. The Hall–Kier alpha value is -1.17. The number of nitrogens with zero attached hydrogens (tertiary/aromatic N) is 2. The van der Waals surface area contributed by atoms with Gasteiger partial charge >= 0.3 is 5.97 Å². The third-order valence-corrected chi connectivity index (χ3v) is 1.43. The standard InChI is InChI=1S/C7H14N2O4/c1-2-3-9(8-13)5-6(10)4-7(11)12/h6,10H,2-5H2,1H3,(H,11,12). The lowest BCUT2D eigenvalue weighted by Gasteiger charge is -2.16. The maximum atomic E-state index is 10.2. The fourth-order valence-electron chi connectivity index (χ4n) is 0.933. The van der Waals surface area contributed by atoms with E-state index in [-0.39, 0.29) is 13.0 Å². The molecule has 0 aliphatic carbocycles. The summed E-state index contributed by atoms with van der Waals surface area (Å²) in [6, 6.07) is 0. The average molecular weight is 190 g/mol. The maximum absolute atomic E-state index is 10.2. The number of hydrogen-bond donors (Lipinski definition) is 2. The van der Waals surface area contributed by atoms with Gasteiger partial charge in [0.2, 0.25) is 0 Å². The molecule has 0 fully saturated rings. The molecular formula is C7H14N2O4. The molecule has 6 nitrogen and oxygen atoms in total. The van der Waals surface area contributed by atoms with Crippen LogP contribution in [0, 0.1) is 4.91 Å². The predicted octanol–water partition coefficient (Wildman–Crippen LogP) is 0.215. The summed E-state index contributed by atoms with van der Waals surface area (Å²) in [5, 5.41) is 21.2. The highest BCUT2D eigenvalue weighted by molar-refractivity contribution is 5.67. The number of nitroso groups, excluding NO2 is 1. The zero-order valence-corrected chi connectivity index (χ0v) is 7.51. The van der Waals surface area contributed by atoms with Crippen molar-refractivity contribution in [2.75, 3.05) is 13.1 Å². The topological polar surface area (TPSA) is 90.2 Å². The van der Waals surface area contributed by atoms with E-state index < -0.39 is 12.1 Å². The van der Waals surface area contributed by atoms with Gasteiger partial charge in [-0.15, -0.1) is 4.91 Å². The Morgan fingerprint density at radius 2 is 2.23 bits per heavy atom. The molecular weight excluding hydrogens is 176 g/mol. The summed E-state index contributed by atoms with van der Waals surface area (Å²) in [6.07, 6.45) is -0.678. The highest BCUT2D eigenvalue weighted by Gasteiger charge is 2.13. The molecule has 0 aliphatic heterocycles. The number of carbonyl (C=O) groups is 1. The molecule has 13 heavy (non-hydrogen) atoms. The average Bonchev–Trinajstić information content (AvgIpc) is 2.02. The van der Waals surface area contributed by atoms with Crippen LogP contribution in [0.15, 0.2) is 5.29 Å². The molecule has 76 valence electrons. The van der Waals surface area contributed by atoms with E-state index in [2.05, 4.69) is 5.29 Å². The molecule has 0 aromatic carbocycles. The predicted molar refractivity (Wildman–Crippen MR) is 45.9 cm³/mol. The third kappa shape index (κ3) is 6.03. The molecule has 0 amide bonds. The van der Waals surface area contributed by atoms with Crippen LogP contribution in [0.2, 0.25) is 0 Å². The summed E-state index contributed by atoms with van der Waals surface area (Å²) in [7, 11) is 0. The fourth-order valence-corrected chi connectivity index (χ4v) is 0.933. The number of rotatable bonds is 7. The molecule has 1 atom stereocenters. The quantitative estimate of drug-likeness (QED) is 0.442. The lowest BCUT2D eigenvalue weighted by molar-refractivity contribution is -0.139. The van der Waals surface area contributed by atoms with E-state index in [1.54, 1.807) is 0 Å². The number of carboxylic acids is 1. The van der Waals surface area contributed by atoms with Gasteiger partial charge in [0, 0.05) is 6.54 Å². The minimum atomic E-state index is -1.09. The van der Waals surface area contributed by atoms with Gasteiger partial charge < -0.3 is 10.2 Å². The van der Waals surface area contributed by atoms with Crippen LogP contribution in [0.4, 0.5) is 0 Å². The first-order valence-electron chi connectivity index (χ1n) is 4.08. The summed E-state index contributed by atoms with van der Waals surface area (Å²) >= 11 is 0. The van der Waals surface area contributed by atoms with Crippen LogP contribution in [0.25, 0.3) is 0 Å². The van der Waals surface area contributed by atoms with E-state index in [0.717, 1.165) is 11.4 Å². The Morgan fingerprint density at radius 1 is 1.62 bits per heavy atom. The Labute approximate surface area is 76.1 Å². The van der Waals surface area contributed by atoms with E-state index in [9.17, 15) is 9.70 Å². The van der Waals surface area contributed by atoms with Gasteiger partial charge in [0.15, 0.2) is 0 Å². The number of carboxylic acid groups (broad SMARTS) is 1. The van der Waals surface area contributed by atoms with E-state index in [1.165, 1.54) is 0 Å². The van der Waals surface area contributed by atoms with Crippen LogP contribution >= 0.6 is 0 Å². The number of hydrogen-bond acceptors (Lipinski definition) is 4. The number of aliphatic carboxylic acids is 1. The zero-order valence-electron chi connectivity index (χ0n) is 7.51. The normalized spacial score (nSPS) is 12.2. The molecule has 0 saturated heterocycles. The van der Waals surface area contributed by atoms with Crippen LogP contribution in [0.5, 0.6) is 0 Å². The van der Waals surface area contributed by atoms with Crippen molar-refractivity contribution in [1.82, 2.24) is 5.01 Å². The number of aliphatic hydroxyl groups excluding tert-OH is 1. The van der Waals surface area contributed by atoms with Gasteiger partial charge in [0.1, 0.15) is 0 Å². The summed E-state index contributed by atoms with van der Waals surface area (Å²) in [6.45, 7) is 2.27. The van der Waals surface area contributed by atoms with Gasteiger partial charge in [0.05, 0.1) is 24.4 Å². The molecule has 2 N–H and O–H groups in total. The Bertz CT molecular complexity index is 174.